The van der Waals surface area contributed by atoms with Crippen molar-refractivity contribution in [3.05, 3.63) is 65.5 Å². The van der Waals surface area contributed by atoms with Crippen molar-refractivity contribution in [2.24, 2.45) is 5.92 Å². The third kappa shape index (κ3) is 3.54. The van der Waals surface area contributed by atoms with Crippen molar-refractivity contribution in [2.75, 3.05) is 6.54 Å². The second-order valence-corrected chi connectivity index (χ2v) is 8.68. The normalized spacial score (nSPS) is 20.2. The van der Waals surface area contributed by atoms with E-state index in [0.29, 0.717) is 24.6 Å². The standard InChI is InChI=1S/C24H29N3O2/c1-17(2)16-27-23(29)20-11-4-3-10-19(20)21(24(27)12-6-7-13-24)22(28)26-15-18-9-5-8-14-25-18/h3-5,8-11,14,17,21H,6-7,12-13,15-16H2,1-2H3,(H,26,28). The van der Waals surface area contributed by atoms with Gasteiger partial charge in [0.25, 0.3) is 5.91 Å². The van der Waals surface area contributed by atoms with E-state index in [4.69, 9.17) is 0 Å². The summed E-state index contributed by atoms with van der Waals surface area (Å²) in [5.74, 6) is 0.0662. The molecule has 2 aliphatic rings. The maximum Gasteiger partial charge on any atom is 0.254 e. The fourth-order valence-electron chi connectivity index (χ4n) is 5.08. The predicted octanol–water partition coefficient (Wildman–Crippen LogP) is 3.91. The van der Waals surface area contributed by atoms with Crippen molar-refractivity contribution in [1.29, 1.82) is 0 Å². The minimum Gasteiger partial charge on any atom is -0.350 e. The molecular weight excluding hydrogens is 362 g/mol. The molecule has 2 amide bonds. The van der Waals surface area contributed by atoms with Gasteiger partial charge in [-0.25, -0.2) is 0 Å². The number of hydrogen-bond acceptors (Lipinski definition) is 3. The van der Waals surface area contributed by atoms with Crippen LogP contribution in [0.5, 0.6) is 0 Å². The maximum atomic E-state index is 13.6. The molecule has 1 N–H and O–H groups in total. The molecule has 0 bridgehead atoms. The summed E-state index contributed by atoms with van der Waals surface area (Å²) in [6.45, 7) is 5.34. The minimum atomic E-state index is -0.427. The highest BCUT2D eigenvalue weighted by Gasteiger charge is 2.55. The first-order chi connectivity index (χ1) is 14.0. The van der Waals surface area contributed by atoms with Crippen molar-refractivity contribution in [3.8, 4) is 0 Å². The van der Waals surface area contributed by atoms with Gasteiger partial charge in [-0.15, -0.1) is 0 Å². The number of nitrogens with one attached hydrogen (secondary N) is 1. The quantitative estimate of drug-likeness (QED) is 0.841. The molecule has 2 heterocycles. The average Bonchev–Trinajstić information content (AvgIpc) is 3.20. The number of benzene rings is 1. The molecule has 1 fully saturated rings. The summed E-state index contributed by atoms with van der Waals surface area (Å²) in [6, 6.07) is 13.4. The van der Waals surface area contributed by atoms with Gasteiger partial charge in [0.1, 0.15) is 0 Å². The van der Waals surface area contributed by atoms with Crippen LogP contribution >= 0.6 is 0 Å². The molecule has 1 saturated carbocycles. The van der Waals surface area contributed by atoms with Gasteiger partial charge < -0.3 is 10.2 Å². The summed E-state index contributed by atoms with van der Waals surface area (Å²) in [6.07, 6.45) is 5.59. The number of carbonyl (C=O) groups excluding carboxylic acids is 2. The summed E-state index contributed by atoms with van der Waals surface area (Å²) in [7, 11) is 0. The molecule has 5 nitrogen and oxygen atoms in total. The lowest BCUT2D eigenvalue weighted by Gasteiger charge is -2.50. The van der Waals surface area contributed by atoms with Gasteiger partial charge in [0.2, 0.25) is 5.91 Å². The van der Waals surface area contributed by atoms with Crippen molar-refractivity contribution < 1.29 is 9.59 Å². The zero-order valence-electron chi connectivity index (χ0n) is 17.2. The number of aromatic nitrogens is 1. The van der Waals surface area contributed by atoms with Crippen molar-refractivity contribution >= 4 is 11.8 Å². The lowest BCUT2D eigenvalue weighted by atomic mass is 9.70. The Labute approximate surface area is 172 Å². The molecule has 1 spiro atoms. The molecule has 0 saturated heterocycles. The predicted molar refractivity (Wildman–Crippen MR) is 112 cm³/mol. The zero-order chi connectivity index (χ0) is 20.4. The van der Waals surface area contributed by atoms with Crippen LogP contribution in [-0.2, 0) is 11.3 Å². The Hall–Kier alpha value is -2.69. The fraction of sp³-hybridized carbons (Fsp3) is 0.458. The van der Waals surface area contributed by atoms with Crippen LogP contribution in [0.15, 0.2) is 48.7 Å². The van der Waals surface area contributed by atoms with Gasteiger partial charge in [0, 0.05) is 18.3 Å². The van der Waals surface area contributed by atoms with Gasteiger partial charge in [0.15, 0.2) is 0 Å². The van der Waals surface area contributed by atoms with Crippen LogP contribution in [0.2, 0.25) is 0 Å². The van der Waals surface area contributed by atoms with E-state index in [0.717, 1.165) is 36.9 Å². The number of hydrogen-bond donors (Lipinski definition) is 1. The van der Waals surface area contributed by atoms with Crippen LogP contribution in [0.25, 0.3) is 0 Å². The number of carbonyl (C=O) groups is 2. The van der Waals surface area contributed by atoms with Crippen LogP contribution in [0.1, 0.15) is 67.1 Å². The van der Waals surface area contributed by atoms with Crippen LogP contribution in [0.3, 0.4) is 0 Å². The Kier molecular flexibility index (Phi) is 5.39. The van der Waals surface area contributed by atoms with E-state index in [1.54, 1.807) is 6.20 Å². The van der Waals surface area contributed by atoms with Crippen LogP contribution in [0, 0.1) is 5.92 Å². The Bertz CT molecular complexity index is 888. The van der Waals surface area contributed by atoms with E-state index in [1.807, 2.05) is 47.4 Å². The van der Waals surface area contributed by atoms with E-state index in [9.17, 15) is 9.59 Å². The highest BCUT2D eigenvalue weighted by molar-refractivity contribution is 6.02. The summed E-state index contributed by atoms with van der Waals surface area (Å²) in [5, 5.41) is 3.11. The number of rotatable bonds is 5. The molecule has 1 atom stereocenters. The van der Waals surface area contributed by atoms with Crippen molar-refractivity contribution in [3.63, 3.8) is 0 Å². The maximum absolute atomic E-state index is 13.6. The van der Waals surface area contributed by atoms with E-state index in [-0.39, 0.29) is 17.7 Å². The molecule has 1 aromatic carbocycles. The highest BCUT2D eigenvalue weighted by atomic mass is 16.2. The monoisotopic (exact) mass is 391 g/mol. The smallest absolute Gasteiger partial charge is 0.254 e. The first-order valence-electron chi connectivity index (χ1n) is 10.6. The van der Waals surface area contributed by atoms with Gasteiger partial charge in [-0.2, -0.15) is 0 Å². The highest BCUT2D eigenvalue weighted by Crippen LogP contribution is 2.50. The molecule has 29 heavy (non-hydrogen) atoms. The first kappa shape index (κ1) is 19.6. The Morgan fingerprint density at radius 1 is 1.17 bits per heavy atom. The molecule has 152 valence electrons. The van der Waals surface area contributed by atoms with Crippen molar-refractivity contribution in [2.45, 2.75) is 57.5 Å². The number of amides is 2. The fourth-order valence-corrected chi connectivity index (χ4v) is 5.08. The van der Waals surface area contributed by atoms with Crippen molar-refractivity contribution in [1.82, 2.24) is 15.2 Å². The van der Waals surface area contributed by atoms with Gasteiger partial charge >= 0.3 is 0 Å². The molecule has 1 aromatic heterocycles. The second-order valence-electron chi connectivity index (χ2n) is 8.68. The first-order valence-corrected chi connectivity index (χ1v) is 10.6. The Morgan fingerprint density at radius 3 is 2.59 bits per heavy atom. The topological polar surface area (TPSA) is 62.3 Å². The lowest BCUT2D eigenvalue weighted by Crippen LogP contribution is -2.61. The lowest BCUT2D eigenvalue weighted by molar-refractivity contribution is -0.126. The van der Waals surface area contributed by atoms with Gasteiger partial charge in [-0.3, -0.25) is 14.6 Å². The molecule has 1 unspecified atom stereocenters. The van der Waals surface area contributed by atoms with Crippen LogP contribution in [-0.4, -0.2) is 33.8 Å². The molecule has 0 radical (unpaired) electrons. The third-order valence-electron chi connectivity index (χ3n) is 6.27. The average molecular weight is 392 g/mol. The SMILES string of the molecule is CC(C)CN1C(=O)c2ccccc2C(C(=O)NCc2ccccn2)C12CCCC2. The van der Waals surface area contributed by atoms with Crippen LogP contribution < -0.4 is 5.32 Å². The molecule has 4 rings (SSSR count). The zero-order valence-corrected chi connectivity index (χ0v) is 17.2. The Balaban J connectivity index is 1.73. The number of fused-ring (bicyclic) bond motifs is 1. The molecule has 2 aromatic rings. The second kappa shape index (κ2) is 7.97. The van der Waals surface area contributed by atoms with Crippen LogP contribution in [0.4, 0.5) is 0 Å². The molecular formula is C24H29N3O2. The number of nitrogens with zero attached hydrogens (tertiary/aromatic N) is 2. The van der Waals surface area contributed by atoms with E-state index < -0.39 is 5.54 Å². The third-order valence-corrected chi connectivity index (χ3v) is 6.27. The van der Waals surface area contributed by atoms with E-state index >= 15 is 0 Å². The van der Waals surface area contributed by atoms with Gasteiger partial charge in [-0.1, -0.05) is 51.0 Å². The summed E-state index contributed by atoms with van der Waals surface area (Å²) < 4.78 is 0. The minimum absolute atomic E-state index is 0.00809. The summed E-state index contributed by atoms with van der Waals surface area (Å²) in [5.41, 5.74) is 1.95. The molecule has 1 aliphatic heterocycles. The molecule has 1 aliphatic carbocycles. The number of pyridine rings is 1. The summed E-state index contributed by atoms with van der Waals surface area (Å²) >= 11 is 0. The summed E-state index contributed by atoms with van der Waals surface area (Å²) in [4.78, 5) is 33.3. The van der Waals surface area contributed by atoms with Gasteiger partial charge in [0.05, 0.1) is 23.7 Å². The van der Waals surface area contributed by atoms with Gasteiger partial charge in [-0.05, 0) is 42.5 Å². The largest absolute Gasteiger partial charge is 0.350 e. The molecule has 5 heteroatoms. The Morgan fingerprint density at radius 2 is 1.90 bits per heavy atom. The van der Waals surface area contributed by atoms with E-state index in [2.05, 4.69) is 24.1 Å². The van der Waals surface area contributed by atoms with E-state index in [1.165, 1.54) is 0 Å².